The minimum atomic E-state index is -0.799. The molecule has 2 atom stereocenters. The molecule has 0 saturated carbocycles. The molecular weight excluding hydrogens is 338 g/mol. The van der Waals surface area contributed by atoms with Crippen LogP contribution in [0, 0.1) is 0 Å². The molecule has 2 amide bonds. The van der Waals surface area contributed by atoms with E-state index in [1.807, 2.05) is 25.1 Å². The molecule has 3 N–H and O–H groups in total. The second kappa shape index (κ2) is 9.78. The lowest BCUT2D eigenvalue weighted by atomic mass is 9.95. The molecule has 25 heavy (non-hydrogen) atoms. The fraction of sp³-hybridized carbons (Fsp3) is 0.579. The van der Waals surface area contributed by atoms with Crippen molar-refractivity contribution in [2.75, 3.05) is 13.1 Å². The van der Waals surface area contributed by atoms with Crippen LogP contribution in [0.15, 0.2) is 30.3 Å². The number of unbranched alkanes of at least 4 members (excludes halogenated alkanes) is 1. The van der Waals surface area contributed by atoms with Crippen LogP contribution in [0.25, 0.3) is 0 Å². The van der Waals surface area contributed by atoms with Crippen LogP contribution < -0.4 is 11.1 Å². The monoisotopic (exact) mass is 367 g/mol. The van der Waals surface area contributed by atoms with Crippen LogP contribution in [0.1, 0.15) is 56.3 Å². The van der Waals surface area contributed by atoms with Gasteiger partial charge in [0.05, 0.1) is 0 Å². The van der Waals surface area contributed by atoms with Crippen molar-refractivity contribution in [3.05, 3.63) is 35.9 Å². The van der Waals surface area contributed by atoms with E-state index in [1.165, 1.54) is 0 Å². The SMILES string of the molecule is CCCCC(CN)NC(=O)C1(C)CCCN1C(=O)c1ccccc1.Cl. The molecule has 2 rings (SSSR count). The van der Waals surface area contributed by atoms with Gasteiger partial charge >= 0.3 is 0 Å². The summed E-state index contributed by atoms with van der Waals surface area (Å²) in [5.74, 6) is -0.167. The Balaban J connectivity index is 0.00000312. The molecule has 1 aromatic carbocycles. The van der Waals surface area contributed by atoms with Crippen LogP contribution in [-0.2, 0) is 4.79 Å². The Labute approximate surface area is 156 Å². The van der Waals surface area contributed by atoms with E-state index in [2.05, 4.69) is 12.2 Å². The molecule has 1 saturated heterocycles. The van der Waals surface area contributed by atoms with Crippen LogP contribution >= 0.6 is 12.4 Å². The summed E-state index contributed by atoms with van der Waals surface area (Å²) in [5, 5.41) is 3.06. The van der Waals surface area contributed by atoms with Gasteiger partial charge in [-0.2, -0.15) is 0 Å². The fourth-order valence-corrected chi connectivity index (χ4v) is 3.30. The van der Waals surface area contributed by atoms with Gasteiger partial charge in [-0.05, 0) is 38.3 Å². The zero-order chi connectivity index (χ0) is 17.6. The van der Waals surface area contributed by atoms with Crippen molar-refractivity contribution in [1.29, 1.82) is 0 Å². The summed E-state index contributed by atoms with van der Waals surface area (Å²) in [6, 6.07) is 9.13. The number of hydrogen-bond donors (Lipinski definition) is 2. The topological polar surface area (TPSA) is 75.4 Å². The van der Waals surface area contributed by atoms with Crippen LogP contribution in [-0.4, -0.2) is 41.4 Å². The molecule has 6 heteroatoms. The first-order chi connectivity index (χ1) is 11.5. The summed E-state index contributed by atoms with van der Waals surface area (Å²) in [4.78, 5) is 27.4. The molecule has 0 radical (unpaired) electrons. The summed E-state index contributed by atoms with van der Waals surface area (Å²) in [5.41, 5.74) is 5.62. The number of nitrogens with one attached hydrogen (secondary N) is 1. The Morgan fingerprint density at radius 1 is 1.32 bits per heavy atom. The molecular formula is C19H30ClN3O2. The van der Waals surface area contributed by atoms with Gasteiger partial charge in [0, 0.05) is 24.7 Å². The molecule has 0 bridgehead atoms. The van der Waals surface area contributed by atoms with Gasteiger partial charge in [-0.25, -0.2) is 0 Å². The van der Waals surface area contributed by atoms with E-state index < -0.39 is 5.54 Å². The second-order valence-corrected chi connectivity index (χ2v) is 6.75. The van der Waals surface area contributed by atoms with E-state index >= 15 is 0 Å². The highest BCUT2D eigenvalue weighted by atomic mass is 35.5. The number of nitrogens with two attached hydrogens (primary N) is 1. The molecule has 1 fully saturated rings. The third-order valence-electron chi connectivity index (χ3n) is 4.92. The third kappa shape index (κ3) is 4.95. The molecule has 140 valence electrons. The van der Waals surface area contributed by atoms with Crippen molar-refractivity contribution in [3.63, 3.8) is 0 Å². The third-order valence-corrected chi connectivity index (χ3v) is 4.92. The predicted molar refractivity (Wildman–Crippen MR) is 103 cm³/mol. The first-order valence-corrected chi connectivity index (χ1v) is 8.91. The molecule has 0 aromatic heterocycles. The number of nitrogens with zero attached hydrogens (tertiary/aromatic N) is 1. The van der Waals surface area contributed by atoms with Crippen molar-refractivity contribution >= 4 is 24.2 Å². The minimum Gasteiger partial charge on any atom is -0.350 e. The van der Waals surface area contributed by atoms with Gasteiger partial charge in [0.1, 0.15) is 5.54 Å². The normalized spacial score (nSPS) is 20.7. The average Bonchev–Trinajstić information content (AvgIpc) is 3.01. The molecule has 0 spiro atoms. The lowest BCUT2D eigenvalue weighted by molar-refractivity contribution is -0.130. The Kier molecular flexibility index (Phi) is 8.39. The number of likely N-dealkylation sites (tertiary alicyclic amines) is 1. The smallest absolute Gasteiger partial charge is 0.254 e. The largest absolute Gasteiger partial charge is 0.350 e. The highest BCUT2D eigenvalue weighted by molar-refractivity contribution is 5.99. The van der Waals surface area contributed by atoms with Crippen molar-refractivity contribution in [2.24, 2.45) is 5.73 Å². The number of amides is 2. The summed E-state index contributed by atoms with van der Waals surface area (Å²) < 4.78 is 0. The van der Waals surface area contributed by atoms with Crippen LogP contribution in [0.2, 0.25) is 0 Å². The Hall–Kier alpha value is -1.59. The number of halogens is 1. The number of carbonyl (C=O) groups is 2. The Bertz CT molecular complexity index is 567. The van der Waals surface area contributed by atoms with E-state index in [0.717, 1.165) is 25.7 Å². The Morgan fingerprint density at radius 2 is 2.00 bits per heavy atom. The first kappa shape index (κ1) is 21.5. The van der Waals surface area contributed by atoms with E-state index in [1.54, 1.807) is 17.0 Å². The molecule has 2 unspecified atom stereocenters. The van der Waals surface area contributed by atoms with Gasteiger partial charge in [0.25, 0.3) is 5.91 Å². The van der Waals surface area contributed by atoms with E-state index in [9.17, 15) is 9.59 Å². The highest BCUT2D eigenvalue weighted by Crippen LogP contribution is 2.31. The lowest BCUT2D eigenvalue weighted by Crippen LogP contribution is -2.58. The maximum absolute atomic E-state index is 12.9. The minimum absolute atomic E-state index is 0. The van der Waals surface area contributed by atoms with Crippen molar-refractivity contribution < 1.29 is 9.59 Å². The summed E-state index contributed by atoms with van der Waals surface area (Å²) in [6.07, 6.45) is 4.50. The van der Waals surface area contributed by atoms with Crippen molar-refractivity contribution in [1.82, 2.24) is 10.2 Å². The van der Waals surface area contributed by atoms with Crippen molar-refractivity contribution in [3.8, 4) is 0 Å². The maximum atomic E-state index is 12.9. The predicted octanol–water partition coefficient (Wildman–Crippen LogP) is 2.74. The van der Waals surface area contributed by atoms with Gasteiger partial charge in [-0.3, -0.25) is 9.59 Å². The van der Waals surface area contributed by atoms with Gasteiger partial charge in [-0.1, -0.05) is 38.0 Å². The van der Waals surface area contributed by atoms with Gasteiger partial charge < -0.3 is 16.0 Å². The van der Waals surface area contributed by atoms with Crippen LogP contribution in [0.4, 0.5) is 0 Å². The zero-order valence-electron chi connectivity index (χ0n) is 15.2. The summed E-state index contributed by atoms with van der Waals surface area (Å²) in [6.45, 7) is 5.02. The van der Waals surface area contributed by atoms with Crippen molar-refractivity contribution in [2.45, 2.75) is 57.5 Å². The first-order valence-electron chi connectivity index (χ1n) is 8.91. The molecule has 1 heterocycles. The highest BCUT2D eigenvalue weighted by Gasteiger charge is 2.46. The average molecular weight is 368 g/mol. The van der Waals surface area contributed by atoms with Gasteiger partial charge in [0.2, 0.25) is 5.91 Å². The molecule has 1 aliphatic rings. The summed E-state index contributed by atoms with van der Waals surface area (Å²) >= 11 is 0. The fourth-order valence-electron chi connectivity index (χ4n) is 3.30. The molecule has 1 aliphatic heterocycles. The van der Waals surface area contributed by atoms with Gasteiger partial charge in [0.15, 0.2) is 0 Å². The standard InChI is InChI=1S/C19H29N3O2.ClH/c1-3-4-11-16(14-20)21-18(24)19(2)12-8-13-22(19)17(23)15-9-6-5-7-10-15;/h5-7,9-10,16H,3-4,8,11-14,20H2,1-2H3,(H,21,24);1H. The number of hydrogen-bond acceptors (Lipinski definition) is 3. The second-order valence-electron chi connectivity index (χ2n) is 6.75. The summed E-state index contributed by atoms with van der Waals surface area (Å²) in [7, 11) is 0. The van der Waals surface area contributed by atoms with E-state index in [0.29, 0.717) is 25.1 Å². The zero-order valence-corrected chi connectivity index (χ0v) is 16.0. The van der Waals surface area contributed by atoms with Crippen LogP contribution in [0.3, 0.4) is 0 Å². The maximum Gasteiger partial charge on any atom is 0.254 e. The number of carbonyl (C=O) groups excluding carboxylic acids is 2. The van der Waals surface area contributed by atoms with E-state index in [-0.39, 0.29) is 30.3 Å². The number of benzene rings is 1. The lowest BCUT2D eigenvalue weighted by Gasteiger charge is -2.35. The molecule has 0 aliphatic carbocycles. The van der Waals surface area contributed by atoms with Crippen LogP contribution in [0.5, 0.6) is 0 Å². The van der Waals surface area contributed by atoms with E-state index in [4.69, 9.17) is 5.73 Å². The molecule has 1 aromatic rings. The number of rotatable bonds is 7. The Morgan fingerprint density at radius 3 is 2.60 bits per heavy atom. The quantitative estimate of drug-likeness (QED) is 0.778. The van der Waals surface area contributed by atoms with Gasteiger partial charge in [-0.15, -0.1) is 12.4 Å². The molecule has 5 nitrogen and oxygen atoms in total.